The van der Waals surface area contributed by atoms with Gasteiger partial charge in [-0.1, -0.05) is 26.8 Å². The van der Waals surface area contributed by atoms with E-state index in [1.807, 2.05) is 20.8 Å². The van der Waals surface area contributed by atoms with Gasteiger partial charge in [-0.2, -0.15) is 0 Å². The second kappa shape index (κ2) is 3.65. The minimum atomic E-state index is -0.635. The summed E-state index contributed by atoms with van der Waals surface area (Å²) in [5.41, 5.74) is 5.41. The molecule has 0 aliphatic heterocycles. The highest BCUT2D eigenvalue weighted by Crippen LogP contribution is 2.33. The topological polar surface area (TPSA) is 26.0 Å². The first-order valence-corrected chi connectivity index (χ1v) is 4.53. The van der Waals surface area contributed by atoms with Crippen LogP contribution in [0, 0.1) is 17.0 Å². The molecule has 14 heavy (non-hydrogen) atoms. The standard InChI is InChI=1S/C11H15F2N/c1-11(2,3)10(14)9-7(12)5-4-6-8(9)13/h4-6,10H,14H2,1-3H3. The Bertz CT molecular complexity index is 308. The lowest BCUT2D eigenvalue weighted by molar-refractivity contribution is 0.310. The van der Waals surface area contributed by atoms with Gasteiger partial charge in [-0.3, -0.25) is 0 Å². The van der Waals surface area contributed by atoms with Crippen LogP contribution in [0.5, 0.6) is 0 Å². The summed E-state index contributed by atoms with van der Waals surface area (Å²) in [6.07, 6.45) is 0. The molecule has 0 amide bonds. The zero-order chi connectivity index (χ0) is 10.9. The Morgan fingerprint density at radius 1 is 1.14 bits per heavy atom. The van der Waals surface area contributed by atoms with Crippen molar-refractivity contribution < 1.29 is 8.78 Å². The summed E-state index contributed by atoms with van der Waals surface area (Å²) in [7, 11) is 0. The minimum absolute atomic E-state index is 0.0278. The molecule has 0 heterocycles. The lowest BCUT2D eigenvalue weighted by Gasteiger charge is -2.27. The second-order valence-electron chi connectivity index (χ2n) is 4.48. The fourth-order valence-electron chi connectivity index (χ4n) is 1.24. The average molecular weight is 199 g/mol. The Morgan fingerprint density at radius 2 is 1.57 bits per heavy atom. The van der Waals surface area contributed by atoms with Gasteiger partial charge in [0.2, 0.25) is 0 Å². The highest BCUT2D eigenvalue weighted by molar-refractivity contribution is 5.24. The molecule has 0 fully saturated rings. The van der Waals surface area contributed by atoms with Gasteiger partial charge in [-0.15, -0.1) is 0 Å². The number of hydrogen-bond donors (Lipinski definition) is 1. The molecule has 1 unspecified atom stereocenters. The van der Waals surface area contributed by atoms with Gasteiger partial charge in [-0.05, 0) is 17.5 Å². The van der Waals surface area contributed by atoms with Crippen LogP contribution in [0.25, 0.3) is 0 Å². The van der Waals surface area contributed by atoms with Crippen LogP contribution >= 0.6 is 0 Å². The van der Waals surface area contributed by atoms with E-state index >= 15 is 0 Å². The van der Waals surface area contributed by atoms with Crippen molar-refractivity contribution in [2.45, 2.75) is 26.8 Å². The van der Waals surface area contributed by atoms with Gasteiger partial charge >= 0.3 is 0 Å². The van der Waals surface area contributed by atoms with Gasteiger partial charge in [-0.25, -0.2) is 8.78 Å². The van der Waals surface area contributed by atoms with Gasteiger partial charge in [0, 0.05) is 11.6 Å². The maximum absolute atomic E-state index is 13.3. The van der Waals surface area contributed by atoms with Crippen molar-refractivity contribution >= 4 is 0 Å². The summed E-state index contributed by atoms with van der Waals surface area (Å²) in [6, 6.07) is 3.15. The first-order chi connectivity index (χ1) is 6.34. The first-order valence-electron chi connectivity index (χ1n) is 4.53. The van der Waals surface area contributed by atoms with Crippen LogP contribution in [0.4, 0.5) is 8.78 Å². The molecular weight excluding hydrogens is 184 g/mol. The molecule has 1 rings (SSSR count). The summed E-state index contributed by atoms with van der Waals surface area (Å²) in [5, 5.41) is 0. The Morgan fingerprint density at radius 3 is 1.93 bits per heavy atom. The van der Waals surface area contributed by atoms with Crippen LogP contribution < -0.4 is 5.73 Å². The maximum atomic E-state index is 13.3. The molecule has 3 heteroatoms. The van der Waals surface area contributed by atoms with Crippen LogP contribution in [-0.4, -0.2) is 0 Å². The molecule has 2 N–H and O–H groups in total. The van der Waals surface area contributed by atoms with Crippen molar-refractivity contribution in [2.24, 2.45) is 11.1 Å². The predicted octanol–water partition coefficient (Wildman–Crippen LogP) is 3.01. The summed E-state index contributed by atoms with van der Waals surface area (Å²) in [4.78, 5) is 0. The predicted molar refractivity (Wildman–Crippen MR) is 52.7 cm³/mol. The van der Waals surface area contributed by atoms with Crippen LogP contribution in [0.3, 0.4) is 0 Å². The molecule has 0 aliphatic rings. The SMILES string of the molecule is CC(C)(C)C(N)c1c(F)cccc1F. The lowest BCUT2D eigenvalue weighted by atomic mass is 9.82. The molecule has 0 saturated carbocycles. The third-order valence-electron chi connectivity index (χ3n) is 2.24. The van der Waals surface area contributed by atoms with E-state index in [4.69, 9.17) is 5.73 Å². The van der Waals surface area contributed by atoms with Gasteiger partial charge < -0.3 is 5.73 Å². The van der Waals surface area contributed by atoms with Crippen molar-refractivity contribution in [1.82, 2.24) is 0 Å². The van der Waals surface area contributed by atoms with Gasteiger partial charge in [0.1, 0.15) is 11.6 Å². The molecule has 0 spiro atoms. The molecule has 1 atom stereocenters. The van der Waals surface area contributed by atoms with Crippen molar-refractivity contribution in [3.05, 3.63) is 35.4 Å². The van der Waals surface area contributed by atoms with E-state index in [0.29, 0.717) is 0 Å². The number of benzene rings is 1. The first kappa shape index (κ1) is 11.1. The summed E-state index contributed by atoms with van der Waals surface area (Å²) >= 11 is 0. The Kier molecular flexibility index (Phi) is 2.90. The van der Waals surface area contributed by atoms with E-state index in [9.17, 15) is 8.78 Å². The van der Waals surface area contributed by atoms with Crippen molar-refractivity contribution in [2.75, 3.05) is 0 Å². The highest BCUT2D eigenvalue weighted by atomic mass is 19.1. The van der Waals surface area contributed by atoms with Crippen LogP contribution in [0.2, 0.25) is 0 Å². The average Bonchev–Trinajstić information content (AvgIpc) is 2.01. The van der Waals surface area contributed by atoms with Crippen LogP contribution in [0.1, 0.15) is 32.4 Å². The van der Waals surface area contributed by atoms with Gasteiger partial charge in [0.15, 0.2) is 0 Å². The lowest BCUT2D eigenvalue weighted by Crippen LogP contribution is -2.28. The quantitative estimate of drug-likeness (QED) is 0.739. The molecule has 0 radical (unpaired) electrons. The monoisotopic (exact) mass is 199 g/mol. The largest absolute Gasteiger partial charge is 0.323 e. The van der Waals surface area contributed by atoms with Crippen molar-refractivity contribution in [1.29, 1.82) is 0 Å². The molecule has 0 aromatic heterocycles. The summed E-state index contributed by atoms with van der Waals surface area (Å²) in [5.74, 6) is -1.15. The normalized spacial score (nSPS) is 14.1. The van der Waals surface area contributed by atoms with E-state index in [2.05, 4.69) is 0 Å². The van der Waals surface area contributed by atoms with Crippen molar-refractivity contribution in [3.63, 3.8) is 0 Å². The third kappa shape index (κ3) is 2.10. The van der Waals surface area contributed by atoms with Gasteiger partial charge in [0.05, 0.1) is 0 Å². The Hall–Kier alpha value is -0.960. The minimum Gasteiger partial charge on any atom is -0.323 e. The van der Waals surface area contributed by atoms with E-state index in [-0.39, 0.29) is 11.0 Å². The van der Waals surface area contributed by atoms with Gasteiger partial charge in [0.25, 0.3) is 0 Å². The number of nitrogens with two attached hydrogens (primary N) is 1. The second-order valence-corrected chi connectivity index (χ2v) is 4.48. The van der Waals surface area contributed by atoms with Crippen LogP contribution in [0.15, 0.2) is 18.2 Å². The fraction of sp³-hybridized carbons (Fsp3) is 0.455. The fourth-order valence-corrected chi connectivity index (χ4v) is 1.24. The molecule has 78 valence electrons. The van der Waals surface area contributed by atoms with E-state index in [0.717, 1.165) is 0 Å². The number of rotatable bonds is 1. The molecule has 0 bridgehead atoms. The Balaban J connectivity index is 3.19. The highest BCUT2D eigenvalue weighted by Gasteiger charge is 2.27. The van der Waals surface area contributed by atoms with E-state index < -0.39 is 17.7 Å². The molecule has 1 aromatic rings. The zero-order valence-electron chi connectivity index (χ0n) is 8.64. The third-order valence-corrected chi connectivity index (χ3v) is 2.24. The zero-order valence-corrected chi connectivity index (χ0v) is 8.64. The molecule has 1 aromatic carbocycles. The molecule has 1 nitrogen and oxygen atoms in total. The summed E-state index contributed by atoms with van der Waals surface area (Å²) < 4.78 is 26.6. The van der Waals surface area contributed by atoms with Crippen molar-refractivity contribution in [3.8, 4) is 0 Å². The van der Waals surface area contributed by atoms with E-state index in [1.54, 1.807) is 0 Å². The van der Waals surface area contributed by atoms with E-state index in [1.165, 1.54) is 18.2 Å². The maximum Gasteiger partial charge on any atom is 0.130 e. The molecule has 0 saturated heterocycles. The molecule has 0 aliphatic carbocycles. The number of hydrogen-bond acceptors (Lipinski definition) is 1. The smallest absolute Gasteiger partial charge is 0.130 e. The summed E-state index contributed by atoms with van der Waals surface area (Å²) in [6.45, 7) is 5.55. The number of halogens is 2. The molecular formula is C11H15F2N. The van der Waals surface area contributed by atoms with Crippen LogP contribution in [-0.2, 0) is 0 Å². The Labute approximate surface area is 82.9 Å².